The lowest BCUT2D eigenvalue weighted by atomic mass is 10.1. The van der Waals surface area contributed by atoms with Crippen LogP contribution < -0.4 is 10.3 Å². The van der Waals surface area contributed by atoms with Gasteiger partial charge in [-0.3, -0.25) is 14.2 Å². The molecular weight excluding hydrogens is 442 g/mol. The van der Waals surface area contributed by atoms with Crippen LogP contribution in [0.5, 0.6) is 5.75 Å². The number of hydrogen-bond acceptors (Lipinski definition) is 5. The maximum atomic E-state index is 13.7. The van der Waals surface area contributed by atoms with Crippen LogP contribution in [0, 0.1) is 6.92 Å². The fourth-order valence-electron chi connectivity index (χ4n) is 4.10. The lowest BCUT2D eigenvalue weighted by Gasteiger charge is -2.30. The molecule has 4 aromatic rings. The Morgan fingerprint density at radius 3 is 2.49 bits per heavy atom. The summed E-state index contributed by atoms with van der Waals surface area (Å²) in [4.78, 5) is 33.9. The van der Waals surface area contributed by atoms with Crippen LogP contribution in [0.3, 0.4) is 0 Å². The van der Waals surface area contributed by atoms with Gasteiger partial charge in [-0.15, -0.1) is 0 Å². The van der Waals surface area contributed by atoms with Crippen molar-refractivity contribution < 1.29 is 14.3 Å². The number of para-hydroxylation sites is 1. The highest BCUT2D eigenvalue weighted by atomic mass is 16.5. The van der Waals surface area contributed by atoms with Crippen LogP contribution in [-0.4, -0.2) is 47.7 Å². The van der Waals surface area contributed by atoms with E-state index in [0.29, 0.717) is 46.9 Å². The summed E-state index contributed by atoms with van der Waals surface area (Å²) in [7, 11) is 3.16. The molecule has 3 aromatic carbocycles. The zero-order chi connectivity index (χ0) is 24.9. The van der Waals surface area contributed by atoms with Crippen LogP contribution in [-0.2, 0) is 4.74 Å². The van der Waals surface area contributed by atoms with Crippen molar-refractivity contribution in [2.45, 2.75) is 19.9 Å². The van der Waals surface area contributed by atoms with Crippen LogP contribution in [0.1, 0.15) is 34.7 Å². The quantitative estimate of drug-likeness (QED) is 0.377. The fraction of sp³-hybridized carbons (Fsp3) is 0.250. The lowest BCUT2D eigenvalue weighted by molar-refractivity contribution is 0.0605. The summed E-state index contributed by atoms with van der Waals surface area (Å²) in [5.41, 5.74) is 2.67. The molecule has 0 N–H and O–H groups in total. The van der Waals surface area contributed by atoms with Crippen molar-refractivity contribution >= 4 is 16.8 Å². The number of hydrogen-bond donors (Lipinski definition) is 0. The summed E-state index contributed by atoms with van der Waals surface area (Å²) in [5, 5.41) is 0.520. The zero-order valence-corrected chi connectivity index (χ0v) is 20.4. The molecule has 0 fully saturated rings. The van der Waals surface area contributed by atoms with E-state index in [2.05, 4.69) is 0 Å². The molecule has 0 saturated carbocycles. The van der Waals surface area contributed by atoms with E-state index in [0.717, 1.165) is 5.56 Å². The number of nitrogens with zero attached hydrogens (tertiary/aromatic N) is 3. The largest absolute Gasteiger partial charge is 0.497 e. The fourth-order valence-corrected chi connectivity index (χ4v) is 4.10. The predicted molar refractivity (Wildman–Crippen MR) is 136 cm³/mol. The molecule has 0 bridgehead atoms. The standard InChI is InChI=1S/C28H29N3O4/c1-19-12-14-22(15-13-19)31-26(29-25-11-6-5-10-24(25)28(31)33)20(2)30(16-17-34-3)27(32)21-8-7-9-23(18-21)35-4/h5-15,18,20H,16-17H2,1-4H3. The third kappa shape index (κ3) is 4.95. The Morgan fingerprint density at radius 1 is 1.03 bits per heavy atom. The number of benzene rings is 3. The molecule has 1 amide bonds. The molecule has 0 saturated heterocycles. The number of rotatable bonds is 8. The van der Waals surface area contributed by atoms with Crippen molar-refractivity contribution in [2.24, 2.45) is 0 Å². The van der Waals surface area contributed by atoms with E-state index in [9.17, 15) is 9.59 Å². The minimum atomic E-state index is -0.525. The van der Waals surface area contributed by atoms with Crippen molar-refractivity contribution in [1.82, 2.24) is 14.5 Å². The maximum absolute atomic E-state index is 13.7. The molecular formula is C28H29N3O4. The molecule has 35 heavy (non-hydrogen) atoms. The lowest BCUT2D eigenvalue weighted by Crippen LogP contribution is -2.39. The third-order valence-electron chi connectivity index (χ3n) is 6.05. The van der Waals surface area contributed by atoms with E-state index < -0.39 is 6.04 Å². The van der Waals surface area contributed by atoms with Crippen molar-refractivity contribution in [3.05, 3.63) is 100 Å². The molecule has 0 aliphatic carbocycles. The topological polar surface area (TPSA) is 73.7 Å². The minimum absolute atomic E-state index is 0.179. The SMILES string of the molecule is COCCN(C(=O)c1cccc(OC)c1)C(C)c1nc2ccccc2c(=O)n1-c1ccc(C)cc1. The molecule has 1 atom stereocenters. The summed E-state index contributed by atoms with van der Waals surface area (Å²) in [6, 6.07) is 21.5. The second-order valence-electron chi connectivity index (χ2n) is 8.36. The minimum Gasteiger partial charge on any atom is -0.497 e. The first-order valence-corrected chi connectivity index (χ1v) is 11.5. The van der Waals surface area contributed by atoms with Gasteiger partial charge in [0.05, 0.1) is 36.3 Å². The number of fused-ring (bicyclic) bond motifs is 1. The maximum Gasteiger partial charge on any atom is 0.266 e. The molecule has 0 aliphatic heterocycles. The van der Waals surface area contributed by atoms with Gasteiger partial charge >= 0.3 is 0 Å². The van der Waals surface area contributed by atoms with Crippen LogP contribution in [0.2, 0.25) is 0 Å². The van der Waals surface area contributed by atoms with E-state index >= 15 is 0 Å². The average Bonchev–Trinajstić information content (AvgIpc) is 2.89. The first-order valence-electron chi connectivity index (χ1n) is 11.5. The van der Waals surface area contributed by atoms with E-state index in [1.165, 1.54) is 0 Å². The van der Waals surface area contributed by atoms with Gasteiger partial charge < -0.3 is 14.4 Å². The molecule has 7 nitrogen and oxygen atoms in total. The summed E-state index contributed by atoms with van der Waals surface area (Å²) in [5.74, 6) is 0.867. The van der Waals surface area contributed by atoms with Gasteiger partial charge in [-0.2, -0.15) is 0 Å². The van der Waals surface area contributed by atoms with Gasteiger partial charge in [-0.05, 0) is 56.3 Å². The average molecular weight is 472 g/mol. The Balaban J connectivity index is 1.88. The van der Waals surface area contributed by atoms with Gasteiger partial charge in [0.1, 0.15) is 11.6 Å². The molecule has 1 heterocycles. The molecule has 1 aromatic heterocycles. The predicted octanol–water partition coefficient (Wildman–Crippen LogP) is 4.55. The second-order valence-corrected chi connectivity index (χ2v) is 8.36. The molecule has 1 unspecified atom stereocenters. The molecule has 180 valence electrons. The zero-order valence-electron chi connectivity index (χ0n) is 20.4. The van der Waals surface area contributed by atoms with Crippen molar-refractivity contribution in [2.75, 3.05) is 27.4 Å². The van der Waals surface area contributed by atoms with E-state index in [1.54, 1.807) is 54.0 Å². The van der Waals surface area contributed by atoms with Crippen LogP contribution in [0.15, 0.2) is 77.6 Å². The first-order chi connectivity index (χ1) is 16.9. The van der Waals surface area contributed by atoms with Crippen LogP contribution in [0.25, 0.3) is 16.6 Å². The van der Waals surface area contributed by atoms with E-state index in [1.807, 2.05) is 56.3 Å². The number of amides is 1. The first kappa shape index (κ1) is 24.2. The molecule has 0 aliphatic rings. The normalized spacial score (nSPS) is 11.9. The number of aryl methyl sites for hydroxylation is 1. The van der Waals surface area contributed by atoms with Crippen molar-refractivity contribution in [3.8, 4) is 11.4 Å². The smallest absolute Gasteiger partial charge is 0.266 e. The second kappa shape index (κ2) is 10.5. The van der Waals surface area contributed by atoms with Crippen molar-refractivity contribution in [1.29, 1.82) is 0 Å². The summed E-state index contributed by atoms with van der Waals surface area (Å²) >= 11 is 0. The summed E-state index contributed by atoms with van der Waals surface area (Å²) in [6.07, 6.45) is 0. The summed E-state index contributed by atoms with van der Waals surface area (Å²) < 4.78 is 12.2. The Hall–Kier alpha value is -3.97. The Labute approximate surface area is 204 Å². The van der Waals surface area contributed by atoms with Gasteiger partial charge in [0.2, 0.25) is 0 Å². The van der Waals surface area contributed by atoms with Crippen LogP contribution in [0.4, 0.5) is 0 Å². The van der Waals surface area contributed by atoms with Crippen molar-refractivity contribution in [3.63, 3.8) is 0 Å². The van der Waals surface area contributed by atoms with E-state index in [-0.39, 0.29) is 11.5 Å². The van der Waals surface area contributed by atoms with Gasteiger partial charge in [-0.25, -0.2) is 4.98 Å². The summed E-state index contributed by atoms with van der Waals surface area (Å²) in [6.45, 7) is 4.54. The molecule has 4 rings (SSSR count). The number of carbonyl (C=O) groups excluding carboxylic acids is 1. The number of carbonyl (C=O) groups is 1. The van der Waals surface area contributed by atoms with Gasteiger partial charge in [0.25, 0.3) is 11.5 Å². The highest BCUT2D eigenvalue weighted by Gasteiger charge is 2.27. The van der Waals surface area contributed by atoms with E-state index in [4.69, 9.17) is 14.5 Å². The third-order valence-corrected chi connectivity index (χ3v) is 6.05. The van der Waals surface area contributed by atoms with Crippen LogP contribution >= 0.6 is 0 Å². The molecule has 7 heteroatoms. The number of aromatic nitrogens is 2. The highest BCUT2D eigenvalue weighted by molar-refractivity contribution is 5.95. The Bertz CT molecular complexity index is 1400. The Morgan fingerprint density at radius 2 is 1.77 bits per heavy atom. The highest BCUT2D eigenvalue weighted by Crippen LogP contribution is 2.25. The van der Waals surface area contributed by atoms with Gasteiger partial charge in [0.15, 0.2) is 0 Å². The molecule has 0 spiro atoms. The van der Waals surface area contributed by atoms with Gasteiger partial charge in [-0.1, -0.05) is 35.9 Å². The molecule has 0 radical (unpaired) electrons. The monoisotopic (exact) mass is 471 g/mol. The Kier molecular flexibility index (Phi) is 7.27. The number of ether oxygens (including phenoxy) is 2. The number of methoxy groups -OCH3 is 2. The van der Waals surface area contributed by atoms with Gasteiger partial charge in [0, 0.05) is 19.2 Å².